The van der Waals surface area contributed by atoms with Gasteiger partial charge in [0, 0.05) is 19.2 Å². The first kappa shape index (κ1) is 15.8. The van der Waals surface area contributed by atoms with Crippen LogP contribution in [-0.4, -0.2) is 48.3 Å². The normalized spacial score (nSPS) is 27.8. The molecule has 2 rings (SSSR count). The van der Waals surface area contributed by atoms with E-state index in [1.165, 1.54) is 25.7 Å². The SMILES string of the molecule is CC(C)CCN(CC1(C(=O)O)CCOC1)C1CCCC1. The minimum atomic E-state index is -0.678. The van der Waals surface area contributed by atoms with Crippen molar-refractivity contribution in [2.75, 3.05) is 26.3 Å². The fraction of sp³-hybridized carbons (Fsp3) is 0.938. The lowest BCUT2D eigenvalue weighted by molar-refractivity contribution is -0.150. The van der Waals surface area contributed by atoms with Crippen molar-refractivity contribution in [1.82, 2.24) is 4.90 Å². The van der Waals surface area contributed by atoms with E-state index in [4.69, 9.17) is 4.74 Å². The molecule has 0 aromatic rings. The summed E-state index contributed by atoms with van der Waals surface area (Å²) < 4.78 is 5.40. The third-order valence-corrected chi connectivity index (χ3v) is 4.90. The maximum Gasteiger partial charge on any atom is 0.313 e. The molecule has 1 aliphatic heterocycles. The number of carboxylic acids is 1. The van der Waals surface area contributed by atoms with Crippen LogP contribution < -0.4 is 0 Å². The van der Waals surface area contributed by atoms with Crippen molar-refractivity contribution < 1.29 is 14.6 Å². The fourth-order valence-corrected chi connectivity index (χ4v) is 3.44. The van der Waals surface area contributed by atoms with Crippen LogP contribution in [0.4, 0.5) is 0 Å². The molecule has 4 heteroatoms. The Morgan fingerprint density at radius 1 is 1.40 bits per heavy atom. The fourth-order valence-electron chi connectivity index (χ4n) is 3.44. The zero-order valence-electron chi connectivity index (χ0n) is 12.9. The van der Waals surface area contributed by atoms with Gasteiger partial charge in [0.05, 0.1) is 6.61 Å². The summed E-state index contributed by atoms with van der Waals surface area (Å²) in [5, 5.41) is 9.63. The second kappa shape index (κ2) is 6.90. The second-order valence-corrected chi connectivity index (χ2v) is 6.98. The predicted molar refractivity (Wildman–Crippen MR) is 78.8 cm³/mol. The lowest BCUT2D eigenvalue weighted by atomic mass is 9.86. The van der Waals surface area contributed by atoms with E-state index in [1.807, 2.05) is 0 Å². The van der Waals surface area contributed by atoms with Gasteiger partial charge in [0.25, 0.3) is 0 Å². The molecule has 0 aromatic carbocycles. The van der Waals surface area contributed by atoms with Crippen molar-refractivity contribution in [2.24, 2.45) is 11.3 Å². The Hall–Kier alpha value is -0.610. The Morgan fingerprint density at radius 3 is 2.60 bits per heavy atom. The molecule has 2 fully saturated rings. The highest BCUT2D eigenvalue weighted by atomic mass is 16.5. The standard InChI is InChI=1S/C16H29NO3/c1-13(2)7-9-17(14-5-3-4-6-14)11-16(15(18)19)8-10-20-12-16/h13-14H,3-12H2,1-2H3,(H,18,19). The van der Waals surface area contributed by atoms with Gasteiger partial charge in [0.15, 0.2) is 0 Å². The molecule has 20 heavy (non-hydrogen) atoms. The quantitative estimate of drug-likeness (QED) is 0.780. The summed E-state index contributed by atoms with van der Waals surface area (Å²) in [6.45, 7) is 7.14. The first-order valence-electron chi connectivity index (χ1n) is 8.09. The van der Waals surface area contributed by atoms with Gasteiger partial charge < -0.3 is 9.84 Å². The topological polar surface area (TPSA) is 49.8 Å². The monoisotopic (exact) mass is 283 g/mol. The molecule has 0 bridgehead atoms. The van der Waals surface area contributed by atoms with E-state index < -0.39 is 11.4 Å². The summed E-state index contributed by atoms with van der Waals surface area (Å²) in [4.78, 5) is 14.2. The van der Waals surface area contributed by atoms with Gasteiger partial charge in [-0.1, -0.05) is 26.7 Å². The number of ether oxygens (including phenoxy) is 1. The van der Waals surface area contributed by atoms with Crippen molar-refractivity contribution in [2.45, 2.75) is 58.4 Å². The Morgan fingerprint density at radius 2 is 2.10 bits per heavy atom. The zero-order chi connectivity index (χ0) is 14.6. The molecule has 1 saturated carbocycles. The first-order chi connectivity index (χ1) is 9.53. The Bertz CT molecular complexity index is 318. The third-order valence-electron chi connectivity index (χ3n) is 4.90. The summed E-state index contributed by atoms with van der Waals surface area (Å²) in [5.41, 5.74) is -0.667. The summed E-state index contributed by atoms with van der Waals surface area (Å²) in [5.74, 6) is -0.0120. The van der Waals surface area contributed by atoms with E-state index in [2.05, 4.69) is 18.7 Å². The van der Waals surface area contributed by atoms with Crippen molar-refractivity contribution in [1.29, 1.82) is 0 Å². The molecule has 0 amide bonds. The van der Waals surface area contributed by atoms with E-state index in [-0.39, 0.29) is 0 Å². The van der Waals surface area contributed by atoms with E-state index in [9.17, 15) is 9.90 Å². The molecule has 0 aromatic heterocycles. The van der Waals surface area contributed by atoms with Gasteiger partial charge in [-0.25, -0.2) is 0 Å². The highest BCUT2D eigenvalue weighted by Gasteiger charge is 2.44. The van der Waals surface area contributed by atoms with Crippen molar-refractivity contribution in [3.8, 4) is 0 Å². The molecular formula is C16H29NO3. The van der Waals surface area contributed by atoms with E-state index in [0.717, 1.165) is 13.0 Å². The van der Waals surface area contributed by atoms with Crippen LogP contribution in [0.15, 0.2) is 0 Å². The van der Waals surface area contributed by atoms with Gasteiger partial charge in [-0.3, -0.25) is 9.69 Å². The molecule has 2 aliphatic rings. The van der Waals surface area contributed by atoms with E-state index >= 15 is 0 Å². The van der Waals surface area contributed by atoms with E-state index in [1.54, 1.807) is 0 Å². The van der Waals surface area contributed by atoms with Crippen molar-refractivity contribution in [3.05, 3.63) is 0 Å². The van der Waals surface area contributed by atoms with Crippen molar-refractivity contribution in [3.63, 3.8) is 0 Å². The summed E-state index contributed by atoms with van der Waals surface area (Å²) in [6, 6.07) is 0.588. The molecule has 1 aliphatic carbocycles. The van der Waals surface area contributed by atoms with Crippen molar-refractivity contribution >= 4 is 5.97 Å². The predicted octanol–water partition coefficient (Wildman–Crippen LogP) is 2.77. The highest BCUT2D eigenvalue weighted by molar-refractivity contribution is 5.75. The highest BCUT2D eigenvalue weighted by Crippen LogP contribution is 2.33. The first-order valence-corrected chi connectivity index (χ1v) is 8.09. The molecule has 1 saturated heterocycles. The molecule has 116 valence electrons. The molecular weight excluding hydrogens is 254 g/mol. The number of carboxylic acid groups (broad SMARTS) is 1. The molecule has 1 N–H and O–H groups in total. The lowest BCUT2D eigenvalue weighted by Gasteiger charge is -2.35. The molecule has 1 unspecified atom stereocenters. The Balaban J connectivity index is 2.03. The van der Waals surface area contributed by atoms with Crippen LogP contribution in [0.1, 0.15) is 52.4 Å². The zero-order valence-corrected chi connectivity index (χ0v) is 12.9. The number of nitrogens with zero attached hydrogens (tertiary/aromatic N) is 1. The van der Waals surface area contributed by atoms with Gasteiger partial charge in [-0.05, 0) is 38.1 Å². The largest absolute Gasteiger partial charge is 0.481 e. The van der Waals surface area contributed by atoms with Gasteiger partial charge in [-0.2, -0.15) is 0 Å². The average molecular weight is 283 g/mol. The summed E-state index contributed by atoms with van der Waals surface area (Å²) >= 11 is 0. The Labute approximate surface area is 122 Å². The molecule has 0 radical (unpaired) electrons. The van der Waals surface area contributed by atoms with Crippen LogP contribution in [0.2, 0.25) is 0 Å². The maximum atomic E-state index is 11.7. The maximum absolute atomic E-state index is 11.7. The summed E-state index contributed by atoms with van der Waals surface area (Å²) in [7, 11) is 0. The number of hydrogen-bond donors (Lipinski definition) is 1. The van der Waals surface area contributed by atoms with Crippen LogP contribution in [0, 0.1) is 11.3 Å². The minimum absolute atomic E-state index is 0.382. The van der Waals surface area contributed by atoms with Crippen LogP contribution in [0.25, 0.3) is 0 Å². The van der Waals surface area contributed by atoms with Gasteiger partial charge in [-0.15, -0.1) is 0 Å². The third kappa shape index (κ3) is 3.73. The van der Waals surface area contributed by atoms with Gasteiger partial charge >= 0.3 is 5.97 Å². The lowest BCUT2D eigenvalue weighted by Crippen LogP contribution is -2.47. The molecule has 1 heterocycles. The smallest absolute Gasteiger partial charge is 0.313 e. The van der Waals surface area contributed by atoms with Gasteiger partial charge in [0.1, 0.15) is 5.41 Å². The summed E-state index contributed by atoms with van der Waals surface area (Å²) in [6.07, 6.45) is 6.85. The average Bonchev–Trinajstić information content (AvgIpc) is 3.06. The van der Waals surface area contributed by atoms with E-state index in [0.29, 0.717) is 38.1 Å². The number of hydrogen-bond acceptors (Lipinski definition) is 3. The Kier molecular flexibility index (Phi) is 5.44. The van der Waals surface area contributed by atoms with Crippen LogP contribution in [-0.2, 0) is 9.53 Å². The number of rotatable bonds is 7. The van der Waals surface area contributed by atoms with Crippen LogP contribution in [0.3, 0.4) is 0 Å². The molecule has 0 spiro atoms. The van der Waals surface area contributed by atoms with Gasteiger partial charge in [0.2, 0.25) is 0 Å². The minimum Gasteiger partial charge on any atom is -0.481 e. The molecule has 1 atom stereocenters. The number of carbonyl (C=O) groups is 1. The number of aliphatic carboxylic acids is 1. The second-order valence-electron chi connectivity index (χ2n) is 6.98. The van der Waals surface area contributed by atoms with Crippen LogP contribution >= 0.6 is 0 Å². The van der Waals surface area contributed by atoms with Crippen LogP contribution in [0.5, 0.6) is 0 Å². The molecule has 4 nitrogen and oxygen atoms in total.